The lowest BCUT2D eigenvalue weighted by Crippen LogP contribution is -2.26. The van der Waals surface area contributed by atoms with Crippen molar-refractivity contribution in [3.8, 4) is 5.75 Å². The van der Waals surface area contributed by atoms with E-state index in [4.69, 9.17) is 4.74 Å². The Morgan fingerprint density at radius 1 is 1.35 bits per heavy atom. The minimum Gasteiger partial charge on any atom is -0.495 e. The summed E-state index contributed by atoms with van der Waals surface area (Å²) < 4.78 is 5.28. The molecule has 1 aliphatic rings. The van der Waals surface area contributed by atoms with Crippen molar-refractivity contribution in [3.63, 3.8) is 0 Å². The number of anilines is 1. The van der Waals surface area contributed by atoms with E-state index in [1.807, 2.05) is 0 Å². The second-order valence-corrected chi connectivity index (χ2v) is 5.41. The van der Waals surface area contributed by atoms with Crippen molar-refractivity contribution in [3.05, 3.63) is 28.3 Å². The second kappa shape index (κ2) is 6.59. The maximum Gasteiger partial charge on any atom is 0.271 e. The Morgan fingerprint density at radius 3 is 2.60 bits per heavy atom. The number of non-ortho nitro benzene ring substituents is 1. The molecule has 1 fully saturated rings. The topological polar surface area (TPSA) is 64.4 Å². The molecule has 0 amide bonds. The minimum atomic E-state index is -0.376. The highest BCUT2D eigenvalue weighted by Gasteiger charge is 2.21. The Labute approximate surface area is 119 Å². The molecule has 1 aromatic rings. The zero-order valence-corrected chi connectivity index (χ0v) is 12.1. The van der Waals surface area contributed by atoms with Gasteiger partial charge in [0.05, 0.1) is 17.7 Å². The lowest BCUT2D eigenvalue weighted by atomic mass is 9.84. The quantitative estimate of drug-likeness (QED) is 0.653. The van der Waals surface area contributed by atoms with Crippen LogP contribution in [0.15, 0.2) is 18.2 Å². The Balaban J connectivity index is 2.08. The van der Waals surface area contributed by atoms with Crippen LogP contribution in [-0.4, -0.2) is 18.1 Å². The number of rotatable bonds is 5. The van der Waals surface area contributed by atoms with E-state index in [9.17, 15) is 10.1 Å². The summed E-state index contributed by atoms with van der Waals surface area (Å²) in [4.78, 5) is 10.5. The number of methoxy groups -OCH3 is 1. The van der Waals surface area contributed by atoms with Crippen LogP contribution in [0.4, 0.5) is 11.4 Å². The van der Waals surface area contributed by atoms with Crippen molar-refractivity contribution in [2.24, 2.45) is 5.92 Å². The molecule has 0 unspecified atom stereocenters. The van der Waals surface area contributed by atoms with Crippen molar-refractivity contribution < 1.29 is 9.66 Å². The number of ether oxygens (including phenoxy) is 1. The number of hydrogen-bond donors (Lipinski definition) is 1. The summed E-state index contributed by atoms with van der Waals surface area (Å²) in [6, 6.07) is 5.06. The van der Waals surface area contributed by atoms with Crippen molar-refractivity contribution in [2.45, 2.75) is 45.1 Å². The Hall–Kier alpha value is -1.78. The normalized spacial score (nSPS) is 22.3. The van der Waals surface area contributed by atoms with Crippen molar-refractivity contribution in [2.75, 3.05) is 12.4 Å². The summed E-state index contributed by atoms with van der Waals surface area (Å²) in [7, 11) is 1.58. The van der Waals surface area contributed by atoms with Crippen molar-refractivity contribution in [1.29, 1.82) is 0 Å². The Bertz CT molecular complexity index is 468. The average molecular weight is 278 g/mol. The highest BCUT2D eigenvalue weighted by Crippen LogP contribution is 2.33. The molecule has 1 saturated carbocycles. The molecule has 1 aromatic carbocycles. The van der Waals surface area contributed by atoms with Crippen LogP contribution in [0.25, 0.3) is 0 Å². The van der Waals surface area contributed by atoms with Gasteiger partial charge in [0.25, 0.3) is 5.69 Å². The molecule has 2 rings (SSSR count). The molecule has 1 aliphatic carbocycles. The summed E-state index contributed by atoms with van der Waals surface area (Å²) in [6.07, 6.45) is 5.93. The maximum atomic E-state index is 10.9. The number of nitrogens with zero attached hydrogens (tertiary/aromatic N) is 1. The molecule has 5 heteroatoms. The largest absolute Gasteiger partial charge is 0.495 e. The fourth-order valence-corrected chi connectivity index (χ4v) is 2.86. The summed E-state index contributed by atoms with van der Waals surface area (Å²) in [5, 5.41) is 14.3. The highest BCUT2D eigenvalue weighted by atomic mass is 16.6. The van der Waals surface area contributed by atoms with Crippen molar-refractivity contribution >= 4 is 11.4 Å². The number of benzene rings is 1. The third kappa shape index (κ3) is 3.40. The van der Waals surface area contributed by atoms with Gasteiger partial charge in [-0.25, -0.2) is 0 Å². The first kappa shape index (κ1) is 14.6. The molecular weight excluding hydrogens is 256 g/mol. The van der Waals surface area contributed by atoms with Gasteiger partial charge in [-0.3, -0.25) is 10.1 Å². The number of nitro benzene ring substituents is 1. The van der Waals surface area contributed by atoms with E-state index >= 15 is 0 Å². The average Bonchev–Trinajstić information content (AvgIpc) is 2.48. The zero-order valence-electron chi connectivity index (χ0n) is 12.1. The lowest BCUT2D eigenvalue weighted by molar-refractivity contribution is -0.384. The molecule has 0 bridgehead atoms. The smallest absolute Gasteiger partial charge is 0.271 e. The van der Waals surface area contributed by atoms with Crippen LogP contribution < -0.4 is 10.1 Å². The van der Waals surface area contributed by atoms with E-state index in [1.165, 1.54) is 25.3 Å². The van der Waals surface area contributed by atoms with Gasteiger partial charge in [0.2, 0.25) is 0 Å². The molecule has 0 aliphatic heterocycles. The first-order valence-electron chi connectivity index (χ1n) is 7.23. The monoisotopic (exact) mass is 278 g/mol. The molecule has 0 saturated heterocycles. The van der Waals surface area contributed by atoms with Gasteiger partial charge in [-0.2, -0.15) is 0 Å². The van der Waals surface area contributed by atoms with E-state index in [2.05, 4.69) is 12.2 Å². The van der Waals surface area contributed by atoms with Crippen LogP contribution in [-0.2, 0) is 0 Å². The van der Waals surface area contributed by atoms with Gasteiger partial charge >= 0.3 is 0 Å². The lowest BCUT2D eigenvalue weighted by Gasteiger charge is -2.29. The fraction of sp³-hybridized carbons (Fsp3) is 0.600. The standard InChI is InChI=1S/C15H22N2O3/c1-3-11-4-6-12(7-5-11)16-14-10-13(17(18)19)8-9-15(14)20-2/h8-12,16H,3-7H2,1-2H3. The first-order chi connectivity index (χ1) is 9.63. The van der Waals surface area contributed by atoms with Crippen LogP contribution in [0, 0.1) is 16.0 Å². The van der Waals surface area contributed by atoms with E-state index in [-0.39, 0.29) is 10.6 Å². The number of hydrogen-bond acceptors (Lipinski definition) is 4. The SMILES string of the molecule is CCC1CCC(Nc2cc([N+](=O)[O-])ccc2OC)CC1. The summed E-state index contributed by atoms with van der Waals surface area (Å²) >= 11 is 0. The molecule has 0 radical (unpaired) electrons. The summed E-state index contributed by atoms with van der Waals surface area (Å²) in [5.41, 5.74) is 0.817. The Morgan fingerprint density at radius 2 is 2.05 bits per heavy atom. The molecule has 0 heterocycles. The molecule has 1 N–H and O–H groups in total. The minimum absolute atomic E-state index is 0.0931. The predicted molar refractivity (Wildman–Crippen MR) is 79.3 cm³/mol. The molecule has 0 aromatic heterocycles. The van der Waals surface area contributed by atoms with Gasteiger partial charge in [0.15, 0.2) is 0 Å². The van der Waals surface area contributed by atoms with Gasteiger partial charge in [-0.15, -0.1) is 0 Å². The van der Waals surface area contributed by atoms with Gasteiger partial charge in [0, 0.05) is 18.2 Å². The molecule has 0 atom stereocenters. The maximum absolute atomic E-state index is 10.9. The van der Waals surface area contributed by atoms with Gasteiger partial charge in [0.1, 0.15) is 5.75 Å². The van der Waals surface area contributed by atoms with Gasteiger partial charge < -0.3 is 10.1 Å². The van der Waals surface area contributed by atoms with E-state index < -0.39 is 0 Å². The molecular formula is C15H22N2O3. The van der Waals surface area contributed by atoms with Crippen LogP contribution in [0.1, 0.15) is 39.0 Å². The van der Waals surface area contributed by atoms with Crippen LogP contribution >= 0.6 is 0 Å². The predicted octanol–water partition coefficient (Wildman–Crippen LogP) is 3.98. The number of nitro groups is 1. The van der Waals surface area contributed by atoms with Crippen molar-refractivity contribution in [1.82, 2.24) is 0 Å². The second-order valence-electron chi connectivity index (χ2n) is 5.41. The Kier molecular flexibility index (Phi) is 4.82. The van der Waals surface area contributed by atoms with Crippen LogP contribution in [0.5, 0.6) is 5.75 Å². The molecule has 5 nitrogen and oxygen atoms in total. The number of nitrogens with one attached hydrogen (secondary N) is 1. The molecule has 20 heavy (non-hydrogen) atoms. The zero-order chi connectivity index (χ0) is 14.5. The molecule has 110 valence electrons. The van der Waals surface area contributed by atoms with Crippen LogP contribution in [0.2, 0.25) is 0 Å². The van der Waals surface area contributed by atoms with E-state index in [0.29, 0.717) is 11.8 Å². The molecule has 0 spiro atoms. The van der Waals surface area contributed by atoms with Gasteiger partial charge in [-0.05, 0) is 37.7 Å². The van der Waals surface area contributed by atoms with E-state index in [1.54, 1.807) is 19.2 Å². The third-order valence-electron chi connectivity index (χ3n) is 4.18. The van der Waals surface area contributed by atoms with Crippen LogP contribution in [0.3, 0.4) is 0 Å². The first-order valence-corrected chi connectivity index (χ1v) is 7.23. The third-order valence-corrected chi connectivity index (χ3v) is 4.18. The summed E-state index contributed by atoms with van der Waals surface area (Å²) in [5.74, 6) is 1.49. The van der Waals surface area contributed by atoms with E-state index in [0.717, 1.165) is 24.4 Å². The summed E-state index contributed by atoms with van der Waals surface area (Å²) in [6.45, 7) is 2.24. The highest BCUT2D eigenvalue weighted by molar-refractivity contribution is 5.62. The fourth-order valence-electron chi connectivity index (χ4n) is 2.86. The van der Waals surface area contributed by atoms with Gasteiger partial charge in [-0.1, -0.05) is 13.3 Å².